The van der Waals surface area contributed by atoms with E-state index < -0.39 is 27.8 Å². The van der Waals surface area contributed by atoms with Gasteiger partial charge in [0, 0.05) is 32.1 Å². The Morgan fingerprint density at radius 2 is 1.84 bits per heavy atom. The first-order chi connectivity index (χ1) is 14.8. The maximum absolute atomic E-state index is 13.2. The van der Waals surface area contributed by atoms with E-state index >= 15 is 0 Å². The van der Waals surface area contributed by atoms with Crippen molar-refractivity contribution in [1.82, 2.24) is 13.9 Å². The van der Waals surface area contributed by atoms with Crippen molar-refractivity contribution in [3.63, 3.8) is 0 Å². The Hall–Kier alpha value is -3.50. The molecule has 0 aliphatic carbocycles. The zero-order chi connectivity index (χ0) is 22.6. The number of rotatable bonds is 8. The average molecular weight is 442 g/mol. The minimum absolute atomic E-state index is 0.0258. The van der Waals surface area contributed by atoms with Gasteiger partial charge in [-0.1, -0.05) is 30.3 Å². The number of hydrogen-bond donors (Lipinski definition) is 1. The number of imidazole rings is 1. The highest BCUT2D eigenvalue weighted by Gasteiger charge is 2.30. The normalized spacial score (nSPS) is 12.4. The molecule has 1 aromatic heterocycles. The third-order valence-electron chi connectivity index (χ3n) is 4.59. The highest BCUT2D eigenvalue weighted by atomic mass is 32.2. The Bertz CT molecular complexity index is 1180. The summed E-state index contributed by atoms with van der Waals surface area (Å²) in [5.41, 5.74) is 0.480. The van der Waals surface area contributed by atoms with Crippen molar-refractivity contribution in [2.75, 3.05) is 26.5 Å². The molecule has 3 rings (SSSR count). The summed E-state index contributed by atoms with van der Waals surface area (Å²) in [6.07, 6.45) is 4.34. The van der Waals surface area contributed by atoms with Crippen LogP contribution in [0.4, 0.5) is 5.69 Å². The molecule has 0 fully saturated rings. The summed E-state index contributed by atoms with van der Waals surface area (Å²) in [5, 5.41) is 2.64. The van der Waals surface area contributed by atoms with Gasteiger partial charge < -0.3 is 14.6 Å². The lowest BCUT2D eigenvalue weighted by Crippen LogP contribution is -2.32. The standard InChI is InChI=1S/C21H22N4O5S/c1-24(2)31(28,29)16-9-10-18(30-3)17(13-16)23-21(27)19(25-12-11-22-14-25)20(26)15-7-5-4-6-8-15/h4-14,19H,1-3H3,(H,23,27). The van der Waals surface area contributed by atoms with Gasteiger partial charge in [-0.05, 0) is 18.2 Å². The zero-order valence-corrected chi connectivity index (χ0v) is 18.0. The van der Waals surface area contributed by atoms with Gasteiger partial charge in [0.15, 0.2) is 11.8 Å². The average Bonchev–Trinajstić information content (AvgIpc) is 3.28. The Labute approximate surface area is 180 Å². The fraction of sp³-hybridized carbons (Fsp3) is 0.190. The zero-order valence-electron chi connectivity index (χ0n) is 17.2. The summed E-state index contributed by atoms with van der Waals surface area (Å²) in [6, 6.07) is 11.3. The quantitative estimate of drug-likeness (QED) is 0.423. The maximum Gasteiger partial charge on any atom is 0.255 e. The third kappa shape index (κ3) is 4.65. The van der Waals surface area contributed by atoms with Crippen molar-refractivity contribution in [2.45, 2.75) is 10.9 Å². The van der Waals surface area contributed by atoms with Crippen LogP contribution in [0, 0.1) is 0 Å². The molecule has 0 saturated heterocycles. The number of hydrogen-bond acceptors (Lipinski definition) is 6. The number of nitrogens with one attached hydrogen (secondary N) is 1. The van der Waals surface area contributed by atoms with Crippen molar-refractivity contribution >= 4 is 27.4 Å². The molecular weight excluding hydrogens is 420 g/mol. The van der Waals surface area contributed by atoms with Crippen molar-refractivity contribution in [3.05, 3.63) is 72.8 Å². The fourth-order valence-corrected chi connectivity index (χ4v) is 3.86. The summed E-state index contributed by atoms with van der Waals surface area (Å²) in [6.45, 7) is 0. The SMILES string of the molecule is COc1ccc(S(=O)(=O)N(C)C)cc1NC(=O)C(C(=O)c1ccccc1)n1ccnc1. The minimum atomic E-state index is -3.74. The second-order valence-corrected chi connectivity index (χ2v) is 8.93. The molecule has 1 unspecified atom stereocenters. The smallest absolute Gasteiger partial charge is 0.255 e. The van der Waals surface area contributed by atoms with Crippen LogP contribution in [0.3, 0.4) is 0 Å². The van der Waals surface area contributed by atoms with Gasteiger partial charge in [0.05, 0.1) is 24.0 Å². The van der Waals surface area contributed by atoms with Gasteiger partial charge >= 0.3 is 0 Å². The van der Waals surface area contributed by atoms with Gasteiger partial charge in [0.1, 0.15) is 5.75 Å². The van der Waals surface area contributed by atoms with Gasteiger partial charge in [0.25, 0.3) is 5.91 Å². The monoisotopic (exact) mass is 442 g/mol. The molecule has 1 atom stereocenters. The number of ether oxygens (including phenoxy) is 1. The first-order valence-electron chi connectivity index (χ1n) is 9.24. The molecule has 31 heavy (non-hydrogen) atoms. The molecule has 0 bridgehead atoms. The molecule has 9 nitrogen and oxygen atoms in total. The first-order valence-corrected chi connectivity index (χ1v) is 10.7. The van der Waals surface area contributed by atoms with E-state index in [1.54, 1.807) is 30.3 Å². The van der Waals surface area contributed by atoms with Crippen LogP contribution in [0.5, 0.6) is 5.75 Å². The third-order valence-corrected chi connectivity index (χ3v) is 6.40. The predicted octanol–water partition coefficient (Wildman–Crippen LogP) is 2.20. The summed E-state index contributed by atoms with van der Waals surface area (Å²) in [7, 11) is 0.474. The largest absolute Gasteiger partial charge is 0.495 e. The van der Waals surface area contributed by atoms with Gasteiger partial charge in [-0.3, -0.25) is 9.59 Å². The molecule has 0 aliphatic heterocycles. The minimum Gasteiger partial charge on any atom is -0.495 e. The lowest BCUT2D eigenvalue weighted by Gasteiger charge is -2.19. The number of benzene rings is 2. The molecule has 1 amide bonds. The highest BCUT2D eigenvalue weighted by molar-refractivity contribution is 7.89. The number of ketones is 1. The second-order valence-electron chi connectivity index (χ2n) is 6.78. The van der Waals surface area contributed by atoms with Crippen molar-refractivity contribution < 1.29 is 22.7 Å². The summed E-state index contributed by atoms with van der Waals surface area (Å²) in [5.74, 6) is -0.848. The highest BCUT2D eigenvalue weighted by Crippen LogP contribution is 2.29. The van der Waals surface area contributed by atoms with Crippen molar-refractivity contribution in [2.24, 2.45) is 0 Å². The van der Waals surface area contributed by atoms with Gasteiger partial charge in [-0.15, -0.1) is 0 Å². The molecule has 10 heteroatoms. The van der Waals surface area contributed by atoms with Crippen LogP contribution in [0.15, 0.2) is 72.1 Å². The van der Waals surface area contributed by atoms with Crippen LogP contribution >= 0.6 is 0 Å². The molecule has 1 heterocycles. The molecular formula is C21H22N4O5S. The van der Waals surface area contributed by atoms with Gasteiger partial charge in [-0.2, -0.15) is 0 Å². The Morgan fingerprint density at radius 1 is 1.13 bits per heavy atom. The van der Waals surface area contributed by atoms with Crippen LogP contribution in [0.25, 0.3) is 0 Å². The maximum atomic E-state index is 13.2. The van der Waals surface area contributed by atoms with Crippen LogP contribution in [0.2, 0.25) is 0 Å². The number of nitrogens with zero attached hydrogens (tertiary/aromatic N) is 3. The number of aromatic nitrogens is 2. The Morgan fingerprint density at radius 3 is 2.42 bits per heavy atom. The number of carbonyl (C=O) groups excluding carboxylic acids is 2. The van der Waals surface area contributed by atoms with Crippen LogP contribution in [0.1, 0.15) is 16.4 Å². The number of carbonyl (C=O) groups is 2. The van der Waals surface area contributed by atoms with E-state index in [4.69, 9.17) is 4.74 Å². The fourth-order valence-electron chi connectivity index (χ4n) is 2.93. The summed E-state index contributed by atoms with van der Waals surface area (Å²) >= 11 is 0. The van der Waals surface area contributed by atoms with Gasteiger partial charge in [-0.25, -0.2) is 17.7 Å². The molecule has 1 N–H and O–H groups in total. The van der Waals surface area contributed by atoms with Crippen molar-refractivity contribution in [3.8, 4) is 5.75 Å². The summed E-state index contributed by atoms with van der Waals surface area (Å²) in [4.78, 5) is 30.2. The number of Topliss-reactive ketones (excluding diaryl/α,β-unsaturated/α-hetero) is 1. The van der Waals surface area contributed by atoms with E-state index in [0.717, 1.165) is 4.31 Å². The molecule has 0 saturated carbocycles. The Balaban J connectivity index is 2.00. The second kappa shape index (κ2) is 9.11. The number of sulfonamides is 1. The molecule has 0 radical (unpaired) electrons. The van der Waals surface area contributed by atoms with E-state index in [-0.39, 0.29) is 16.3 Å². The van der Waals surface area contributed by atoms with Crippen LogP contribution in [-0.4, -0.2) is 55.2 Å². The number of anilines is 1. The van der Waals surface area contributed by atoms with Crippen LogP contribution in [-0.2, 0) is 14.8 Å². The van der Waals surface area contributed by atoms with Crippen molar-refractivity contribution in [1.29, 1.82) is 0 Å². The molecule has 0 aliphatic rings. The number of amides is 1. The topological polar surface area (TPSA) is 111 Å². The Kier molecular flexibility index (Phi) is 6.52. The lowest BCUT2D eigenvalue weighted by molar-refractivity contribution is -0.118. The predicted molar refractivity (Wildman–Crippen MR) is 115 cm³/mol. The first kappa shape index (κ1) is 22.2. The van der Waals surface area contributed by atoms with E-state index in [1.165, 1.54) is 62.7 Å². The van der Waals surface area contributed by atoms with E-state index in [0.29, 0.717) is 5.56 Å². The van der Waals surface area contributed by atoms with E-state index in [9.17, 15) is 18.0 Å². The number of methoxy groups -OCH3 is 1. The summed E-state index contributed by atoms with van der Waals surface area (Å²) < 4.78 is 32.7. The molecule has 2 aromatic carbocycles. The lowest BCUT2D eigenvalue weighted by atomic mass is 10.0. The molecule has 162 valence electrons. The van der Waals surface area contributed by atoms with E-state index in [1.807, 2.05) is 0 Å². The van der Waals surface area contributed by atoms with Crippen LogP contribution < -0.4 is 10.1 Å². The molecule has 0 spiro atoms. The van der Waals surface area contributed by atoms with Gasteiger partial charge in [0.2, 0.25) is 10.0 Å². The molecule has 3 aromatic rings. The van der Waals surface area contributed by atoms with E-state index in [2.05, 4.69) is 10.3 Å².